The molecule has 1 rings (SSSR count). The maximum absolute atomic E-state index is 11.6. The van der Waals surface area contributed by atoms with Gasteiger partial charge in [-0.25, -0.2) is 12.7 Å². The first-order chi connectivity index (χ1) is 6.08. The molecule has 0 unspecified atom stereocenters. The van der Waals surface area contributed by atoms with E-state index < -0.39 is 10.0 Å². The minimum Gasteiger partial charge on any atom is -0.212 e. The summed E-state index contributed by atoms with van der Waals surface area (Å²) in [6, 6.07) is 0.216. The summed E-state index contributed by atoms with van der Waals surface area (Å²) in [5.74, 6) is 0.237. The Morgan fingerprint density at radius 3 is 2.38 bits per heavy atom. The Morgan fingerprint density at radius 2 is 1.92 bits per heavy atom. The molecule has 0 heterocycles. The Kier molecular flexibility index (Phi) is 4.01. The van der Waals surface area contributed by atoms with Crippen molar-refractivity contribution in [3.8, 4) is 0 Å². The lowest BCUT2D eigenvalue weighted by Gasteiger charge is -2.22. The number of alkyl halides is 1. The molecule has 0 saturated heterocycles. The van der Waals surface area contributed by atoms with Gasteiger partial charge in [-0.1, -0.05) is 12.8 Å². The van der Waals surface area contributed by atoms with Crippen LogP contribution in [0.5, 0.6) is 0 Å². The molecule has 13 heavy (non-hydrogen) atoms. The van der Waals surface area contributed by atoms with Crippen molar-refractivity contribution in [2.45, 2.75) is 31.7 Å². The van der Waals surface area contributed by atoms with Crippen molar-refractivity contribution in [3.05, 3.63) is 0 Å². The Bertz CT molecular complexity index is 247. The summed E-state index contributed by atoms with van der Waals surface area (Å²) in [4.78, 5) is 0. The average molecular weight is 226 g/mol. The SMILES string of the molecule is CN(C1CCCC1)S(=O)(=O)CCCl. The third kappa shape index (κ3) is 2.82. The van der Waals surface area contributed by atoms with Crippen LogP contribution in [0.4, 0.5) is 0 Å². The van der Waals surface area contributed by atoms with E-state index in [0.717, 1.165) is 25.7 Å². The third-order valence-corrected chi connectivity index (χ3v) is 4.92. The molecule has 0 aliphatic heterocycles. The predicted molar refractivity (Wildman–Crippen MR) is 54.5 cm³/mol. The highest BCUT2D eigenvalue weighted by Gasteiger charge is 2.27. The molecule has 1 aliphatic rings. The van der Waals surface area contributed by atoms with Gasteiger partial charge < -0.3 is 0 Å². The molecule has 3 nitrogen and oxygen atoms in total. The lowest BCUT2D eigenvalue weighted by atomic mass is 10.3. The fourth-order valence-corrected chi connectivity index (χ4v) is 3.47. The smallest absolute Gasteiger partial charge is 0.212 e. The molecule has 0 aromatic rings. The van der Waals surface area contributed by atoms with Crippen LogP contribution in [0.25, 0.3) is 0 Å². The molecule has 0 atom stereocenters. The number of sulfonamides is 1. The summed E-state index contributed by atoms with van der Waals surface area (Å²) in [7, 11) is -1.43. The summed E-state index contributed by atoms with van der Waals surface area (Å²) in [6.07, 6.45) is 4.28. The van der Waals surface area contributed by atoms with Crippen LogP contribution in [0.2, 0.25) is 0 Å². The second kappa shape index (κ2) is 4.62. The normalized spacial score (nSPS) is 19.9. The molecule has 0 spiro atoms. The van der Waals surface area contributed by atoms with Gasteiger partial charge in [0.05, 0.1) is 5.75 Å². The highest BCUT2D eigenvalue weighted by molar-refractivity contribution is 7.89. The van der Waals surface area contributed by atoms with Gasteiger partial charge >= 0.3 is 0 Å². The topological polar surface area (TPSA) is 37.4 Å². The molecular formula is C8H16ClNO2S. The molecule has 0 amide bonds. The summed E-state index contributed by atoms with van der Waals surface area (Å²) in [6.45, 7) is 0. The van der Waals surface area contributed by atoms with Crippen LogP contribution in [0.3, 0.4) is 0 Å². The highest BCUT2D eigenvalue weighted by atomic mass is 35.5. The Hall–Kier alpha value is 0.200. The molecule has 78 valence electrons. The van der Waals surface area contributed by atoms with Crippen molar-refractivity contribution in [2.75, 3.05) is 18.7 Å². The molecule has 1 aliphatic carbocycles. The van der Waals surface area contributed by atoms with E-state index >= 15 is 0 Å². The summed E-state index contributed by atoms with van der Waals surface area (Å²) < 4.78 is 24.6. The van der Waals surface area contributed by atoms with Crippen LogP contribution >= 0.6 is 11.6 Å². The molecule has 1 saturated carbocycles. The van der Waals surface area contributed by atoms with E-state index in [1.165, 1.54) is 4.31 Å². The van der Waals surface area contributed by atoms with Crippen LogP contribution in [0, 0.1) is 0 Å². The predicted octanol–water partition coefficient (Wildman–Crippen LogP) is 1.43. The van der Waals surface area contributed by atoms with E-state index in [1.807, 2.05) is 0 Å². The maximum Gasteiger partial charge on any atom is 0.215 e. The van der Waals surface area contributed by atoms with Gasteiger partial charge in [0.15, 0.2) is 0 Å². The van der Waals surface area contributed by atoms with Crippen LogP contribution in [0.15, 0.2) is 0 Å². The number of halogens is 1. The van der Waals surface area contributed by atoms with Crippen LogP contribution in [-0.4, -0.2) is 37.4 Å². The highest BCUT2D eigenvalue weighted by Crippen LogP contribution is 2.24. The van der Waals surface area contributed by atoms with E-state index in [0.29, 0.717) is 0 Å². The van der Waals surface area contributed by atoms with Gasteiger partial charge in [0.2, 0.25) is 10.0 Å². The van der Waals surface area contributed by atoms with Crippen molar-refractivity contribution in [1.82, 2.24) is 4.31 Å². The fraction of sp³-hybridized carbons (Fsp3) is 1.00. The molecule has 1 fully saturated rings. The second-order valence-electron chi connectivity index (χ2n) is 3.46. The first kappa shape index (κ1) is 11.3. The van der Waals surface area contributed by atoms with Gasteiger partial charge in [0, 0.05) is 19.0 Å². The van der Waals surface area contributed by atoms with Crippen molar-refractivity contribution in [2.24, 2.45) is 0 Å². The molecule has 0 N–H and O–H groups in total. The van der Waals surface area contributed by atoms with Crippen molar-refractivity contribution < 1.29 is 8.42 Å². The maximum atomic E-state index is 11.6. The minimum atomic E-state index is -3.09. The van der Waals surface area contributed by atoms with Gasteiger partial charge in [0.25, 0.3) is 0 Å². The summed E-state index contributed by atoms with van der Waals surface area (Å²) in [5.41, 5.74) is 0. The first-order valence-corrected chi connectivity index (χ1v) is 6.74. The number of hydrogen-bond donors (Lipinski definition) is 0. The van der Waals surface area contributed by atoms with Crippen LogP contribution in [0.1, 0.15) is 25.7 Å². The number of hydrogen-bond acceptors (Lipinski definition) is 2. The van der Waals surface area contributed by atoms with Gasteiger partial charge in [-0.2, -0.15) is 0 Å². The quantitative estimate of drug-likeness (QED) is 0.679. The van der Waals surface area contributed by atoms with E-state index in [1.54, 1.807) is 7.05 Å². The van der Waals surface area contributed by atoms with Crippen LogP contribution in [-0.2, 0) is 10.0 Å². The van der Waals surface area contributed by atoms with Crippen molar-refractivity contribution in [1.29, 1.82) is 0 Å². The summed E-state index contributed by atoms with van der Waals surface area (Å²) >= 11 is 5.43. The number of nitrogens with zero attached hydrogens (tertiary/aromatic N) is 1. The molecular weight excluding hydrogens is 210 g/mol. The largest absolute Gasteiger partial charge is 0.215 e. The van der Waals surface area contributed by atoms with E-state index in [-0.39, 0.29) is 17.7 Å². The van der Waals surface area contributed by atoms with E-state index in [9.17, 15) is 8.42 Å². The van der Waals surface area contributed by atoms with Gasteiger partial charge in [-0.3, -0.25) is 0 Å². The average Bonchev–Trinajstić information content (AvgIpc) is 2.54. The molecule has 0 aromatic carbocycles. The lowest BCUT2D eigenvalue weighted by molar-refractivity contribution is 0.374. The Balaban J connectivity index is 2.59. The zero-order valence-electron chi connectivity index (χ0n) is 7.87. The van der Waals surface area contributed by atoms with Gasteiger partial charge in [-0.15, -0.1) is 11.6 Å². The second-order valence-corrected chi connectivity index (χ2v) is 5.99. The number of rotatable bonds is 4. The van der Waals surface area contributed by atoms with E-state index in [4.69, 9.17) is 11.6 Å². The van der Waals surface area contributed by atoms with Crippen LogP contribution < -0.4 is 0 Å². The molecule has 0 aromatic heterocycles. The zero-order chi connectivity index (χ0) is 9.90. The Morgan fingerprint density at radius 1 is 1.38 bits per heavy atom. The monoisotopic (exact) mass is 225 g/mol. The van der Waals surface area contributed by atoms with Gasteiger partial charge in [-0.05, 0) is 12.8 Å². The first-order valence-electron chi connectivity index (χ1n) is 4.59. The van der Waals surface area contributed by atoms with E-state index in [2.05, 4.69) is 0 Å². The Labute approximate surface area is 85.1 Å². The van der Waals surface area contributed by atoms with Crippen molar-refractivity contribution in [3.63, 3.8) is 0 Å². The standard InChI is InChI=1S/C8H16ClNO2S/c1-10(8-4-2-3-5-8)13(11,12)7-6-9/h8H,2-7H2,1H3. The molecule has 0 radical (unpaired) electrons. The lowest BCUT2D eigenvalue weighted by Crippen LogP contribution is -2.37. The summed E-state index contributed by atoms with van der Waals surface area (Å²) in [5, 5.41) is 0. The fourth-order valence-electron chi connectivity index (χ4n) is 1.74. The van der Waals surface area contributed by atoms with Crippen molar-refractivity contribution >= 4 is 21.6 Å². The molecule has 5 heteroatoms. The zero-order valence-corrected chi connectivity index (χ0v) is 9.44. The third-order valence-electron chi connectivity index (χ3n) is 2.61. The minimum absolute atomic E-state index is 0.0571. The van der Waals surface area contributed by atoms with Gasteiger partial charge in [0.1, 0.15) is 0 Å². The molecule has 0 bridgehead atoms.